The van der Waals surface area contributed by atoms with E-state index in [0.29, 0.717) is 56.1 Å². The molecule has 0 aliphatic carbocycles. The third-order valence-electron chi connectivity index (χ3n) is 6.74. The van der Waals surface area contributed by atoms with Crippen molar-refractivity contribution in [2.75, 3.05) is 29.9 Å². The second-order valence-electron chi connectivity index (χ2n) is 9.37. The lowest BCUT2D eigenvalue weighted by atomic mass is 9.96. The van der Waals surface area contributed by atoms with Crippen molar-refractivity contribution in [1.29, 1.82) is 0 Å². The van der Waals surface area contributed by atoms with Gasteiger partial charge in [-0.05, 0) is 68.7 Å². The summed E-state index contributed by atoms with van der Waals surface area (Å²) >= 11 is 0. The van der Waals surface area contributed by atoms with E-state index in [9.17, 15) is 9.59 Å². The van der Waals surface area contributed by atoms with Gasteiger partial charge in [-0.25, -0.2) is 9.97 Å². The van der Waals surface area contributed by atoms with Crippen molar-refractivity contribution in [3.8, 4) is 5.75 Å². The summed E-state index contributed by atoms with van der Waals surface area (Å²) in [5, 5.41) is 3.01. The SMILES string of the molecule is CCOc1ccc(NC(=O)C2CCN(c3nc4cccnc4n(Cc4ccc(C)cc4)c3=O)CC2)cc1. The van der Waals surface area contributed by atoms with Gasteiger partial charge in [0.25, 0.3) is 5.56 Å². The predicted molar refractivity (Wildman–Crippen MR) is 145 cm³/mol. The number of nitrogens with one attached hydrogen (secondary N) is 1. The van der Waals surface area contributed by atoms with Crippen molar-refractivity contribution in [2.45, 2.75) is 33.2 Å². The number of rotatable bonds is 7. The van der Waals surface area contributed by atoms with Gasteiger partial charge in [-0.1, -0.05) is 29.8 Å². The molecule has 0 unspecified atom stereocenters. The van der Waals surface area contributed by atoms with Crippen LogP contribution in [0.25, 0.3) is 11.2 Å². The molecule has 1 aliphatic rings. The van der Waals surface area contributed by atoms with E-state index in [1.165, 1.54) is 5.56 Å². The van der Waals surface area contributed by atoms with E-state index in [4.69, 9.17) is 9.72 Å². The van der Waals surface area contributed by atoms with Gasteiger partial charge in [0.15, 0.2) is 11.5 Å². The molecular weight excluding hydrogens is 466 g/mol. The van der Waals surface area contributed by atoms with Crippen molar-refractivity contribution in [1.82, 2.24) is 14.5 Å². The maximum absolute atomic E-state index is 13.6. The molecule has 1 saturated heterocycles. The van der Waals surface area contributed by atoms with Gasteiger partial charge in [-0.15, -0.1) is 0 Å². The first kappa shape index (κ1) is 24.5. The second kappa shape index (κ2) is 10.8. The smallest absolute Gasteiger partial charge is 0.295 e. The molecule has 37 heavy (non-hydrogen) atoms. The number of pyridine rings is 1. The van der Waals surface area contributed by atoms with Crippen LogP contribution < -0.4 is 20.5 Å². The lowest BCUT2D eigenvalue weighted by Gasteiger charge is -2.32. The summed E-state index contributed by atoms with van der Waals surface area (Å²) in [6, 6.07) is 19.3. The van der Waals surface area contributed by atoms with Crippen LogP contribution >= 0.6 is 0 Å². The van der Waals surface area contributed by atoms with Crippen LogP contribution in [0.2, 0.25) is 0 Å². The highest BCUT2D eigenvalue weighted by Crippen LogP contribution is 2.24. The number of ether oxygens (including phenoxy) is 1. The molecule has 0 spiro atoms. The molecule has 1 aliphatic heterocycles. The number of benzene rings is 2. The number of anilines is 2. The molecule has 3 heterocycles. The topological polar surface area (TPSA) is 89.3 Å². The molecule has 2 aromatic carbocycles. The standard InChI is InChI=1S/C29H31N5O3/c1-3-37-24-12-10-23(11-13-24)31-28(35)22-14-17-33(18-15-22)27-29(36)34(19-21-8-6-20(2)7-9-21)26-25(32-27)5-4-16-30-26/h4-13,16,22H,3,14-15,17-19H2,1-2H3,(H,31,35). The Bertz CT molecular complexity index is 1440. The number of hydrogen-bond acceptors (Lipinski definition) is 6. The van der Waals surface area contributed by atoms with Crippen molar-refractivity contribution in [3.63, 3.8) is 0 Å². The number of nitrogens with zero attached hydrogens (tertiary/aromatic N) is 4. The first-order valence-electron chi connectivity index (χ1n) is 12.7. The summed E-state index contributed by atoms with van der Waals surface area (Å²) in [5.74, 6) is 1.06. The first-order valence-corrected chi connectivity index (χ1v) is 12.7. The molecule has 1 N–H and O–H groups in total. The highest BCUT2D eigenvalue weighted by Gasteiger charge is 2.28. The fraction of sp³-hybridized carbons (Fsp3) is 0.310. The summed E-state index contributed by atoms with van der Waals surface area (Å²) in [6.07, 6.45) is 2.98. The Labute approximate surface area is 215 Å². The number of piperidine rings is 1. The number of carbonyl (C=O) groups is 1. The number of aryl methyl sites for hydroxylation is 1. The average Bonchev–Trinajstić information content (AvgIpc) is 2.92. The Morgan fingerprint density at radius 2 is 1.78 bits per heavy atom. The van der Waals surface area contributed by atoms with Crippen LogP contribution in [0, 0.1) is 12.8 Å². The highest BCUT2D eigenvalue weighted by molar-refractivity contribution is 5.92. The van der Waals surface area contributed by atoms with Gasteiger partial charge in [0.1, 0.15) is 11.3 Å². The molecule has 1 fully saturated rings. The summed E-state index contributed by atoms with van der Waals surface area (Å²) in [5.41, 5.74) is 4.04. The molecule has 0 radical (unpaired) electrons. The van der Waals surface area contributed by atoms with Crippen LogP contribution in [-0.4, -0.2) is 40.1 Å². The van der Waals surface area contributed by atoms with Crippen LogP contribution in [0.5, 0.6) is 5.75 Å². The summed E-state index contributed by atoms with van der Waals surface area (Å²) in [4.78, 5) is 37.7. The van der Waals surface area contributed by atoms with Crippen LogP contribution in [-0.2, 0) is 11.3 Å². The van der Waals surface area contributed by atoms with Gasteiger partial charge in [0.05, 0.1) is 13.2 Å². The zero-order chi connectivity index (χ0) is 25.8. The van der Waals surface area contributed by atoms with E-state index in [0.717, 1.165) is 17.0 Å². The number of amides is 1. The molecule has 4 aromatic rings. The Balaban J connectivity index is 1.31. The van der Waals surface area contributed by atoms with Crippen LogP contribution in [0.15, 0.2) is 71.7 Å². The van der Waals surface area contributed by atoms with E-state index in [2.05, 4.69) is 10.3 Å². The molecule has 0 atom stereocenters. The zero-order valence-corrected chi connectivity index (χ0v) is 21.2. The third-order valence-corrected chi connectivity index (χ3v) is 6.74. The van der Waals surface area contributed by atoms with E-state index < -0.39 is 0 Å². The van der Waals surface area contributed by atoms with Crippen molar-refractivity contribution < 1.29 is 9.53 Å². The minimum absolute atomic E-state index is 0.00346. The van der Waals surface area contributed by atoms with Gasteiger partial charge in [0.2, 0.25) is 5.91 Å². The summed E-state index contributed by atoms with van der Waals surface area (Å²) < 4.78 is 7.16. The van der Waals surface area contributed by atoms with Gasteiger partial charge in [-0.2, -0.15) is 0 Å². The summed E-state index contributed by atoms with van der Waals surface area (Å²) in [7, 11) is 0. The Hall–Kier alpha value is -4.20. The first-order chi connectivity index (χ1) is 18.0. The monoisotopic (exact) mass is 497 g/mol. The molecular formula is C29H31N5O3. The van der Waals surface area contributed by atoms with E-state index >= 15 is 0 Å². The largest absolute Gasteiger partial charge is 0.494 e. The summed E-state index contributed by atoms with van der Waals surface area (Å²) in [6.45, 7) is 6.16. The molecule has 1 amide bonds. The lowest BCUT2D eigenvalue weighted by Crippen LogP contribution is -2.42. The quantitative estimate of drug-likeness (QED) is 0.407. The lowest BCUT2D eigenvalue weighted by molar-refractivity contribution is -0.120. The third kappa shape index (κ3) is 5.48. The Morgan fingerprint density at radius 1 is 1.05 bits per heavy atom. The molecule has 8 heteroatoms. The number of aromatic nitrogens is 3. The molecule has 5 rings (SSSR count). The number of carbonyl (C=O) groups excluding carboxylic acids is 1. The molecule has 190 valence electrons. The van der Waals surface area contributed by atoms with Gasteiger partial charge >= 0.3 is 0 Å². The Kier molecular flexibility index (Phi) is 7.16. The Morgan fingerprint density at radius 3 is 2.49 bits per heavy atom. The van der Waals surface area contributed by atoms with Crippen LogP contribution in [0.4, 0.5) is 11.5 Å². The van der Waals surface area contributed by atoms with Gasteiger partial charge < -0.3 is 15.0 Å². The molecule has 0 saturated carbocycles. The van der Waals surface area contributed by atoms with E-state index in [1.54, 1.807) is 10.8 Å². The fourth-order valence-electron chi connectivity index (χ4n) is 4.69. The van der Waals surface area contributed by atoms with Crippen LogP contribution in [0.3, 0.4) is 0 Å². The number of hydrogen-bond donors (Lipinski definition) is 1. The number of fused-ring (bicyclic) bond motifs is 1. The normalized spacial score (nSPS) is 14.1. The molecule has 8 nitrogen and oxygen atoms in total. The van der Waals surface area contributed by atoms with E-state index in [1.807, 2.05) is 79.4 Å². The zero-order valence-electron chi connectivity index (χ0n) is 21.2. The maximum atomic E-state index is 13.6. The van der Waals surface area contributed by atoms with Crippen molar-refractivity contribution in [2.24, 2.45) is 5.92 Å². The maximum Gasteiger partial charge on any atom is 0.295 e. The van der Waals surface area contributed by atoms with Crippen LogP contribution in [0.1, 0.15) is 30.9 Å². The van der Waals surface area contributed by atoms with Gasteiger partial charge in [0, 0.05) is 30.9 Å². The predicted octanol–water partition coefficient (Wildman–Crippen LogP) is 4.40. The fourth-order valence-corrected chi connectivity index (χ4v) is 4.69. The molecule has 0 bridgehead atoms. The van der Waals surface area contributed by atoms with Gasteiger partial charge in [-0.3, -0.25) is 14.2 Å². The van der Waals surface area contributed by atoms with Crippen molar-refractivity contribution in [3.05, 3.63) is 88.3 Å². The average molecular weight is 498 g/mol. The molecule has 2 aromatic heterocycles. The second-order valence-corrected chi connectivity index (χ2v) is 9.37. The minimum atomic E-state index is -0.163. The highest BCUT2D eigenvalue weighted by atomic mass is 16.5. The minimum Gasteiger partial charge on any atom is -0.494 e. The van der Waals surface area contributed by atoms with E-state index in [-0.39, 0.29) is 17.4 Å². The van der Waals surface area contributed by atoms with Crippen molar-refractivity contribution >= 4 is 28.6 Å².